The van der Waals surface area contributed by atoms with Crippen molar-refractivity contribution in [3.8, 4) is 11.5 Å². The number of nitrogens with two attached hydrogens (primary N) is 1. The van der Waals surface area contributed by atoms with Crippen LogP contribution in [0.25, 0.3) is 0 Å². The monoisotopic (exact) mass is 538 g/mol. The van der Waals surface area contributed by atoms with E-state index in [2.05, 4.69) is 4.90 Å². The molecule has 1 aliphatic heterocycles. The minimum atomic E-state index is -0.323. The van der Waals surface area contributed by atoms with Gasteiger partial charge < -0.3 is 29.5 Å². The molecule has 0 bridgehead atoms. The van der Waals surface area contributed by atoms with Gasteiger partial charge in [-0.15, -0.1) is 0 Å². The van der Waals surface area contributed by atoms with Gasteiger partial charge in [0, 0.05) is 26.1 Å². The third kappa shape index (κ3) is 8.61. The van der Waals surface area contributed by atoms with E-state index in [0.717, 1.165) is 43.3 Å². The summed E-state index contributed by atoms with van der Waals surface area (Å²) in [5.41, 5.74) is 8.48. The summed E-state index contributed by atoms with van der Waals surface area (Å²) in [6.07, 6.45) is 3.25. The Hall–Kier alpha value is -1.87. The number of methoxy groups -OCH3 is 1. The van der Waals surface area contributed by atoms with Crippen molar-refractivity contribution in [3.05, 3.63) is 57.6 Å². The van der Waals surface area contributed by atoms with E-state index in [1.807, 2.05) is 43.3 Å². The predicted octanol–water partition coefficient (Wildman–Crippen LogP) is 4.53. The van der Waals surface area contributed by atoms with E-state index < -0.39 is 0 Å². The minimum Gasteiger partial charge on any atom is -0.490 e. The predicted molar refractivity (Wildman–Crippen MR) is 142 cm³/mol. The van der Waals surface area contributed by atoms with E-state index in [9.17, 15) is 4.79 Å². The van der Waals surface area contributed by atoms with Gasteiger partial charge in [-0.05, 0) is 61.6 Å². The van der Waals surface area contributed by atoms with E-state index in [1.165, 1.54) is 0 Å². The van der Waals surface area contributed by atoms with Crippen molar-refractivity contribution in [2.75, 3.05) is 46.6 Å². The number of piperidine rings is 1. The number of benzene rings is 2. The average molecular weight is 540 g/mol. The van der Waals surface area contributed by atoms with E-state index in [4.69, 9.17) is 47.9 Å². The molecular formula is C27H36Cl2N2O5. The fourth-order valence-electron chi connectivity index (χ4n) is 4.28. The van der Waals surface area contributed by atoms with Gasteiger partial charge in [0.1, 0.15) is 25.2 Å². The molecule has 198 valence electrons. The number of ether oxygens (including phenoxy) is 4. The summed E-state index contributed by atoms with van der Waals surface area (Å²) in [6.45, 7) is 5.40. The zero-order valence-electron chi connectivity index (χ0n) is 21.0. The first-order chi connectivity index (χ1) is 17.4. The highest BCUT2D eigenvalue weighted by molar-refractivity contribution is 6.37. The standard InChI is InChI=1S/C27H36Cl2N2O5/c1-19-15-24(28)26(25(29)16-19)36-14-13-35-22-5-3-20(4-6-22)17-21(18-32)27(30)31-9-7-23(8-10-31)34-12-11-33-2/h3-6,15-16,18,21,23,27H,7-14,17,30H2,1-2H3. The maximum atomic E-state index is 11.9. The molecule has 2 aromatic rings. The maximum Gasteiger partial charge on any atom is 0.156 e. The topological polar surface area (TPSA) is 83.2 Å². The van der Waals surface area contributed by atoms with Crippen molar-refractivity contribution in [2.24, 2.45) is 11.7 Å². The molecule has 2 aromatic carbocycles. The van der Waals surface area contributed by atoms with Crippen LogP contribution in [0.5, 0.6) is 11.5 Å². The van der Waals surface area contributed by atoms with Crippen LogP contribution >= 0.6 is 23.2 Å². The summed E-state index contributed by atoms with van der Waals surface area (Å²) < 4.78 is 22.3. The second kappa shape index (κ2) is 14.8. The van der Waals surface area contributed by atoms with Crippen molar-refractivity contribution >= 4 is 29.5 Å². The molecule has 0 spiro atoms. The lowest BCUT2D eigenvalue weighted by molar-refractivity contribution is -0.113. The van der Waals surface area contributed by atoms with Crippen LogP contribution in [0.4, 0.5) is 0 Å². The summed E-state index contributed by atoms with van der Waals surface area (Å²) in [5.74, 6) is 0.882. The Kier molecular flexibility index (Phi) is 11.8. The van der Waals surface area contributed by atoms with Gasteiger partial charge in [-0.1, -0.05) is 35.3 Å². The van der Waals surface area contributed by atoms with Gasteiger partial charge >= 0.3 is 0 Å². The number of halogens is 2. The number of hydrogen-bond acceptors (Lipinski definition) is 7. The van der Waals surface area contributed by atoms with Crippen LogP contribution in [0, 0.1) is 12.8 Å². The highest BCUT2D eigenvalue weighted by atomic mass is 35.5. The molecule has 9 heteroatoms. The minimum absolute atomic E-state index is 0.224. The van der Waals surface area contributed by atoms with Crippen molar-refractivity contribution < 1.29 is 23.7 Å². The molecule has 1 heterocycles. The molecule has 0 amide bonds. The fraction of sp³-hybridized carbons (Fsp3) is 0.519. The Morgan fingerprint density at radius 2 is 1.67 bits per heavy atom. The number of hydrogen-bond donors (Lipinski definition) is 1. The van der Waals surface area contributed by atoms with Crippen molar-refractivity contribution in [3.63, 3.8) is 0 Å². The van der Waals surface area contributed by atoms with Gasteiger partial charge in [0.2, 0.25) is 0 Å². The van der Waals surface area contributed by atoms with Crippen LogP contribution in [-0.4, -0.2) is 70.1 Å². The molecule has 0 aromatic heterocycles. The van der Waals surface area contributed by atoms with Crippen LogP contribution in [-0.2, 0) is 20.7 Å². The van der Waals surface area contributed by atoms with Crippen LogP contribution < -0.4 is 15.2 Å². The number of aldehydes is 1. The van der Waals surface area contributed by atoms with Gasteiger partial charge in [-0.3, -0.25) is 4.90 Å². The molecule has 2 atom stereocenters. The van der Waals surface area contributed by atoms with E-state index in [-0.39, 0.29) is 18.2 Å². The molecule has 1 aliphatic rings. The summed E-state index contributed by atoms with van der Waals surface area (Å²) in [6, 6.07) is 11.3. The first-order valence-electron chi connectivity index (χ1n) is 12.3. The second-order valence-electron chi connectivity index (χ2n) is 8.99. The maximum absolute atomic E-state index is 11.9. The van der Waals surface area contributed by atoms with E-state index in [0.29, 0.717) is 54.4 Å². The average Bonchev–Trinajstić information content (AvgIpc) is 2.87. The van der Waals surface area contributed by atoms with Crippen molar-refractivity contribution in [1.29, 1.82) is 0 Å². The third-order valence-electron chi connectivity index (χ3n) is 6.29. The largest absolute Gasteiger partial charge is 0.490 e. The Morgan fingerprint density at radius 1 is 1.03 bits per heavy atom. The van der Waals surface area contributed by atoms with Crippen LogP contribution in [0.15, 0.2) is 36.4 Å². The third-order valence-corrected chi connectivity index (χ3v) is 6.85. The highest BCUT2D eigenvalue weighted by Crippen LogP contribution is 2.34. The summed E-state index contributed by atoms with van der Waals surface area (Å²) in [7, 11) is 1.67. The number of aryl methyl sites for hydroxylation is 1. The van der Waals surface area contributed by atoms with Gasteiger partial charge in [-0.25, -0.2) is 0 Å². The van der Waals surface area contributed by atoms with Crippen LogP contribution in [0.1, 0.15) is 24.0 Å². The number of likely N-dealkylation sites (tertiary alicyclic amines) is 1. The molecule has 0 radical (unpaired) electrons. The fourth-order valence-corrected chi connectivity index (χ4v) is 4.99. The highest BCUT2D eigenvalue weighted by Gasteiger charge is 2.28. The number of rotatable bonds is 14. The zero-order valence-corrected chi connectivity index (χ0v) is 22.5. The van der Waals surface area contributed by atoms with E-state index in [1.54, 1.807) is 7.11 Å². The molecule has 36 heavy (non-hydrogen) atoms. The van der Waals surface area contributed by atoms with E-state index >= 15 is 0 Å². The zero-order chi connectivity index (χ0) is 25.9. The first kappa shape index (κ1) is 28.7. The van der Waals surface area contributed by atoms with Gasteiger partial charge in [0.25, 0.3) is 0 Å². The summed E-state index contributed by atoms with van der Waals surface area (Å²) in [5, 5.41) is 0.958. The number of carbonyl (C=O) groups is 1. The Morgan fingerprint density at radius 3 is 2.28 bits per heavy atom. The van der Waals surface area contributed by atoms with Crippen LogP contribution in [0.2, 0.25) is 10.0 Å². The number of nitrogens with zero attached hydrogens (tertiary/aromatic N) is 1. The molecular weight excluding hydrogens is 503 g/mol. The molecule has 3 rings (SSSR count). The Balaban J connectivity index is 1.42. The van der Waals surface area contributed by atoms with Gasteiger partial charge in [0.15, 0.2) is 5.75 Å². The second-order valence-corrected chi connectivity index (χ2v) is 9.81. The molecule has 2 N–H and O–H groups in total. The lowest BCUT2D eigenvalue weighted by Gasteiger charge is -2.37. The molecule has 0 saturated carbocycles. The Bertz CT molecular complexity index is 929. The molecule has 2 unspecified atom stereocenters. The van der Waals surface area contributed by atoms with Crippen molar-refractivity contribution in [2.45, 2.75) is 38.5 Å². The van der Waals surface area contributed by atoms with Crippen LogP contribution in [0.3, 0.4) is 0 Å². The first-order valence-corrected chi connectivity index (χ1v) is 13.0. The number of carbonyl (C=O) groups excluding carboxylic acids is 1. The summed E-state index contributed by atoms with van der Waals surface area (Å²) in [4.78, 5) is 14.0. The Labute approximate surface area is 223 Å². The normalized spacial score (nSPS) is 16.5. The summed E-state index contributed by atoms with van der Waals surface area (Å²) >= 11 is 12.4. The lowest BCUT2D eigenvalue weighted by Crippen LogP contribution is -2.52. The smallest absolute Gasteiger partial charge is 0.156 e. The molecule has 0 aliphatic carbocycles. The van der Waals surface area contributed by atoms with Gasteiger partial charge in [0.05, 0.1) is 35.5 Å². The molecule has 1 fully saturated rings. The molecule has 1 saturated heterocycles. The lowest BCUT2D eigenvalue weighted by atomic mass is 9.95. The SMILES string of the molecule is COCCOC1CCN(C(N)C(C=O)Cc2ccc(OCCOc3c(Cl)cc(C)cc3Cl)cc2)CC1. The van der Waals surface area contributed by atoms with Crippen molar-refractivity contribution in [1.82, 2.24) is 4.90 Å². The van der Waals surface area contributed by atoms with Gasteiger partial charge in [-0.2, -0.15) is 0 Å². The quantitative estimate of drug-likeness (QED) is 0.279. The molecule has 7 nitrogen and oxygen atoms in total.